The fourth-order valence-corrected chi connectivity index (χ4v) is 4.57. The van der Waals surface area contributed by atoms with E-state index in [4.69, 9.17) is 5.73 Å². The zero-order valence-electron chi connectivity index (χ0n) is 22.3. The molecule has 0 spiro atoms. The van der Waals surface area contributed by atoms with Crippen molar-refractivity contribution in [1.29, 1.82) is 0 Å². The molecule has 206 valence electrons. The lowest BCUT2D eigenvalue weighted by molar-refractivity contribution is -0.153. The van der Waals surface area contributed by atoms with Crippen molar-refractivity contribution < 1.29 is 23.2 Å². The third kappa shape index (κ3) is 7.32. The fraction of sp³-hybridized carbons (Fsp3) is 0.333. The number of rotatable bonds is 12. The Morgan fingerprint density at radius 2 is 1.54 bits per heavy atom. The van der Waals surface area contributed by atoms with E-state index in [9.17, 15) is 14.4 Å². The first kappa shape index (κ1) is 29.6. The molecule has 7 nitrogen and oxygen atoms in total. The van der Waals surface area contributed by atoms with Gasteiger partial charge in [-0.3, -0.25) is 14.5 Å². The van der Waals surface area contributed by atoms with Crippen LogP contribution in [0.3, 0.4) is 0 Å². The number of amides is 2. The number of urea groups is 1. The highest BCUT2D eigenvalue weighted by Crippen LogP contribution is 2.33. The molecule has 39 heavy (non-hydrogen) atoms. The lowest BCUT2D eigenvalue weighted by atomic mass is 9.80. The monoisotopic (exact) mass is 536 g/mol. The van der Waals surface area contributed by atoms with Gasteiger partial charge in [-0.05, 0) is 35.6 Å². The Morgan fingerprint density at radius 3 is 2.08 bits per heavy atom. The minimum Gasteiger partial charge on any atom is -0.341 e. The van der Waals surface area contributed by atoms with Crippen LogP contribution in [0.5, 0.6) is 0 Å². The summed E-state index contributed by atoms with van der Waals surface area (Å²) in [4.78, 5) is 46.0. The number of hydrogen-bond acceptors (Lipinski definition) is 5. The highest BCUT2D eigenvalue weighted by Gasteiger charge is 2.49. The number of anilines is 1. The lowest BCUT2D eigenvalue weighted by Crippen LogP contribution is -2.56. The second-order valence-electron chi connectivity index (χ2n) is 9.74. The number of hydrogen-bond donors (Lipinski definition) is 2. The number of carbonyl (C=O) groups excluding carboxylic acids is 3. The molecule has 0 saturated heterocycles. The van der Waals surface area contributed by atoms with Crippen molar-refractivity contribution in [2.75, 3.05) is 11.9 Å². The molecule has 0 bridgehead atoms. The molecule has 1 heterocycles. The summed E-state index contributed by atoms with van der Waals surface area (Å²) in [5.74, 6) is -8.30. The van der Waals surface area contributed by atoms with Gasteiger partial charge in [0.25, 0.3) is 0 Å². The van der Waals surface area contributed by atoms with Crippen molar-refractivity contribution in [2.45, 2.75) is 44.7 Å². The fourth-order valence-electron chi connectivity index (χ4n) is 4.57. The zero-order chi connectivity index (χ0) is 28.6. The van der Waals surface area contributed by atoms with E-state index in [-0.39, 0.29) is 12.2 Å². The van der Waals surface area contributed by atoms with Crippen molar-refractivity contribution >= 4 is 23.4 Å². The summed E-state index contributed by atoms with van der Waals surface area (Å²) in [5.41, 5.74) is 7.05. The number of nitrogens with two attached hydrogens (primary N) is 1. The van der Waals surface area contributed by atoms with Gasteiger partial charge >= 0.3 is 12.0 Å². The summed E-state index contributed by atoms with van der Waals surface area (Å²) in [5, 5.41) is 2.49. The number of pyridine rings is 1. The molecular weight excluding hydrogens is 502 g/mol. The average Bonchev–Trinajstić information content (AvgIpc) is 2.94. The number of alkyl halides is 2. The van der Waals surface area contributed by atoms with Gasteiger partial charge in [0.05, 0.1) is 5.92 Å². The molecule has 3 N–H and O–H groups in total. The summed E-state index contributed by atoms with van der Waals surface area (Å²) >= 11 is 0. The predicted octanol–water partition coefficient (Wildman–Crippen LogP) is 4.97. The van der Waals surface area contributed by atoms with Gasteiger partial charge in [0.15, 0.2) is 5.78 Å². The van der Waals surface area contributed by atoms with Crippen LogP contribution >= 0.6 is 0 Å². The van der Waals surface area contributed by atoms with Gasteiger partial charge < -0.3 is 11.1 Å². The van der Waals surface area contributed by atoms with Gasteiger partial charge in [-0.1, -0.05) is 80.6 Å². The quantitative estimate of drug-likeness (QED) is 0.318. The van der Waals surface area contributed by atoms with E-state index < -0.39 is 53.9 Å². The second-order valence-corrected chi connectivity index (χ2v) is 9.74. The Morgan fingerprint density at radius 1 is 0.949 bits per heavy atom. The maximum absolute atomic E-state index is 15.6. The molecule has 0 aliphatic carbocycles. The van der Waals surface area contributed by atoms with Gasteiger partial charge in [-0.25, -0.2) is 9.78 Å². The molecule has 9 heteroatoms. The Balaban J connectivity index is 2.03. The van der Waals surface area contributed by atoms with E-state index >= 15 is 8.78 Å². The van der Waals surface area contributed by atoms with Gasteiger partial charge in [0.1, 0.15) is 11.9 Å². The molecule has 1 aromatic heterocycles. The smallest absolute Gasteiger partial charge is 0.323 e. The standard InChI is InChI=1S/C30H34F2N4O3/c1-20(2)26(36(29(39)34-3)25-16-10-11-17-35-25)27(37)23(18-21-12-6-4-7-13-21)28(38)30(31,32)19-24(33)22-14-8-5-9-15-22/h4-17,20,23-24,26H,18-19,33H2,1-3H3,(H,34,39)/t23-,24?,26-/m0/s1. The molecule has 2 amide bonds. The minimum atomic E-state index is -3.89. The van der Waals surface area contributed by atoms with Gasteiger partial charge in [-0.2, -0.15) is 8.78 Å². The number of benzene rings is 2. The van der Waals surface area contributed by atoms with Crippen LogP contribution in [0.4, 0.5) is 19.4 Å². The molecular formula is C30H34F2N4O3. The first-order chi connectivity index (χ1) is 18.6. The van der Waals surface area contributed by atoms with Crippen molar-refractivity contribution in [1.82, 2.24) is 10.3 Å². The number of halogens is 2. The number of carbonyl (C=O) groups is 3. The molecule has 0 aliphatic rings. The van der Waals surface area contributed by atoms with Crippen LogP contribution in [0.25, 0.3) is 0 Å². The van der Waals surface area contributed by atoms with Crippen LogP contribution < -0.4 is 16.0 Å². The number of Topliss-reactive ketones (excluding diaryl/α,β-unsaturated/α-hetero) is 2. The largest absolute Gasteiger partial charge is 0.341 e. The maximum Gasteiger partial charge on any atom is 0.323 e. The van der Waals surface area contributed by atoms with Crippen molar-refractivity contribution in [3.05, 3.63) is 96.2 Å². The highest BCUT2D eigenvalue weighted by atomic mass is 19.3. The summed E-state index contributed by atoms with van der Waals surface area (Å²) in [7, 11) is 1.39. The Hall–Kier alpha value is -3.98. The topological polar surface area (TPSA) is 105 Å². The normalized spacial score (nSPS) is 13.8. The number of aromatic nitrogens is 1. The average molecular weight is 537 g/mol. The van der Waals surface area contributed by atoms with Crippen molar-refractivity contribution in [3.8, 4) is 0 Å². The van der Waals surface area contributed by atoms with E-state index in [1.807, 2.05) is 0 Å². The van der Waals surface area contributed by atoms with E-state index in [1.54, 1.807) is 92.7 Å². The summed E-state index contributed by atoms with van der Waals surface area (Å²) in [6, 6.07) is 18.6. The number of ketones is 2. The summed E-state index contributed by atoms with van der Waals surface area (Å²) < 4.78 is 31.2. The van der Waals surface area contributed by atoms with E-state index in [2.05, 4.69) is 10.3 Å². The molecule has 3 rings (SSSR count). The summed E-state index contributed by atoms with van der Waals surface area (Å²) in [6.45, 7) is 3.38. The van der Waals surface area contributed by atoms with Crippen LogP contribution in [-0.4, -0.2) is 41.6 Å². The van der Waals surface area contributed by atoms with Gasteiger partial charge in [0, 0.05) is 25.7 Å². The van der Waals surface area contributed by atoms with Crippen LogP contribution in [0, 0.1) is 11.8 Å². The van der Waals surface area contributed by atoms with Crippen LogP contribution in [-0.2, 0) is 16.0 Å². The highest BCUT2D eigenvalue weighted by molar-refractivity contribution is 6.11. The predicted molar refractivity (Wildman–Crippen MR) is 146 cm³/mol. The van der Waals surface area contributed by atoms with E-state index in [0.29, 0.717) is 11.1 Å². The first-order valence-corrected chi connectivity index (χ1v) is 12.8. The lowest BCUT2D eigenvalue weighted by Gasteiger charge is -2.35. The van der Waals surface area contributed by atoms with Crippen molar-refractivity contribution in [2.24, 2.45) is 17.6 Å². The molecule has 3 aromatic rings. The van der Waals surface area contributed by atoms with E-state index in [1.165, 1.54) is 13.2 Å². The SMILES string of the molecule is CNC(=O)N(c1ccccn1)[C@H](C(=O)[C@H](Cc1ccccc1)C(=O)C(F)(F)CC(N)c1ccccc1)C(C)C. The molecule has 0 aliphatic heterocycles. The molecule has 2 aromatic carbocycles. The molecule has 0 fully saturated rings. The van der Waals surface area contributed by atoms with Crippen LogP contribution in [0.15, 0.2) is 85.1 Å². The minimum absolute atomic E-state index is 0.160. The zero-order valence-corrected chi connectivity index (χ0v) is 22.3. The third-order valence-corrected chi connectivity index (χ3v) is 6.54. The van der Waals surface area contributed by atoms with Gasteiger partial charge in [0.2, 0.25) is 5.78 Å². The Bertz CT molecular complexity index is 1240. The maximum atomic E-state index is 15.6. The molecule has 0 radical (unpaired) electrons. The number of nitrogens with zero attached hydrogens (tertiary/aromatic N) is 2. The first-order valence-electron chi connectivity index (χ1n) is 12.8. The Kier molecular flexibility index (Phi) is 10.0. The van der Waals surface area contributed by atoms with Gasteiger partial charge in [-0.15, -0.1) is 0 Å². The second kappa shape index (κ2) is 13.2. The third-order valence-electron chi connectivity index (χ3n) is 6.54. The molecule has 1 unspecified atom stereocenters. The summed E-state index contributed by atoms with van der Waals surface area (Å²) in [6.07, 6.45) is 0.251. The van der Waals surface area contributed by atoms with E-state index in [0.717, 1.165) is 4.90 Å². The van der Waals surface area contributed by atoms with Crippen molar-refractivity contribution in [3.63, 3.8) is 0 Å². The van der Waals surface area contributed by atoms with Crippen LogP contribution in [0.1, 0.15) is 37.4 Å². The Labute approximate surface area is 227 Å². The molecule has 3 atom stereocenters. The number of nitrogens with one attached hydrogen (secondary N) is 1. The van der Waals surface area contributed by atoms with Crippen LogP contribution in [0.2, 0.25) is 0 Å². The molecule has 0 saturated carbocycles.